The standard InChI is InChI=1S/C19H19ClN2O2/c1-2-24-19(23)16(12-21)11-14-7-6-8-15(18(14)20)13-22-17-9-4-3-5-10-17/h3-5,9-11,13,22H,2,6-8H2,1H3/b15-13?,16-11+. The molecule has 0 unspecified atom stereocenters. The summed E-state index contributed by atoms with van der Waals surface area (Å²) >= 11 is 6.46. The summed E-state index contributed by atoms with van der Waals surface area (Å²) in [5, 5.41) is 12.9. The highest BCUT2D eigenvalue weighted by Crippen LogP contribution is 2.33. The molecule has 5 heteroatoms. The molecule has 0 atom stereocenters. The predicted molar refractivity (Wildman–Crippen MR) is 95.2 cm³/mol. The third-order valence-corrected chi connectivity index (χ3v) is 4.06. The van der Waals surface area contributed by atoms with E-state index in [4.69, 9.17) is 21.6 Å². The molecule has 0 radical (unpaired) electrons. The van der Waals surface area contributed by atoms with Gasteiger partial charge in [0, 0.05) is 16.9 Å². The number of hydrogen-bond donors (Lipinski definition) is 1. The summed E-state index contributed by atoms with van der Waals surface area (Å²) in [6.45, 7) is 1.94. The number of allylic oxidation sites excluding steroid dienone is 4. The Bertz CT molecular complexity index is 727. The number of hydrogen-bond acceptors (Lipinski definition) is 4. The third-order valence-electron chi connectivity index (χ3n) is 3.58. The van der Waals surface area contributed by atoms with Gasteiger partial charge in [0.2, 0.25) is 0 Å². The van der Waals surface area contributed by atoms with E-state index < -0.39 is 5.97 Å². The zero-order valence-electron chi connectivity index (χ0n) is 13.5. The molecule has 0 amide bonds. The molecule has 0 saturated heterocycles. The molecule has 0 aromatic heterocycles. The molecule has 4 nitrogen and oxygen atoms in total. The van der Waals surface area contributed by atoms with Crippen LogP contribution in [0.3, 0.4) is 0 Å². The fourth-order valence-corrected chi connectivity index (χ4v) is 2.69. The predicted octanol–water partition coefficient (Wildman–Crippen LogP) is 4.67. The van der Waals surface area contributed by atoms with Crippen LogP contribution in [0.4, 0.5) is 5.69 Å². The first-order valence-electron chi connectivity index (χ1n) is 7.84. The van der Waals surface area contributed by atoms with E-state index >= 15 is 0 Å². The molecule has 0 saturated carbocycles. The average molecular weight is 343 g/mol. The second-order valence-corrected chi connectivity index (χ2v) is 5.64. The van der Waals surface area contributed by atoms with Crippen LogP contribution in [0.1, 0.15) is 26.2 Å². The molecule has 24 heavy (non-hydrogen) atoms. The van der Waals surface area contributed by atoms with E-state index in [0.29, 0.717) is 5.03 Å². The van der Waals surface area contributed by atoms with Crippen LogP contribution in [-0.2, 0) is 9.53 Å². The minimum absolute atomic E-state index is 0.0257. The highest BCUT2D eigenvalue weighted by Gasteiger charge is 2.17. The Kier molecular flexibility index (Phi) is 6.65. The third kappa shape index (κ3) is 4.74. The minimum atomic E-state index is -0.615. The molecule has 0 bridgehead atoms. The molecular weight excluding hydrogens is 324 g/mol. The van der Waals surface area contributed by atoms with Gasteiger partial charge in [0.25, 0.3) is 0 Å². The summed E-state index contributed by atoms with van der Waals surface area (Å²) in [6.07, 6.45) is 5.90. The van der Waals surface area contributed by atoms with Crippen molar-refractivity contribution in [3.8, 4) is 6.07 Å². The number of carbonyl (C=O) groups excluding carboxylic acids is 1. The molecule has 0 fully saturated rings. The zero-order chi connectivity index (χ0) is 17.4. The summed E-state index contributed by atoms with van der Waals surface area (Å²) in [5.74, 6) is -0.615. The number of benzene rings is 1. The summed E-state index contributed by atoms with van der Waals surface area (Å²) in [7, 11) is 0. The van der Waals surface area contributed by atoms with Crippen molar-refractivity contribution >= 4 is 23.3 Å². The molecule has 1 aliphatic rings. The van der Waals surface area contributed by atoms with Crippen molar-refractivity contribution in [2.45, 2.75) is 26.2 Å². The monoisotopic (exact) mass is 342 g/mol. The van der Waals surface area contributed by atoms with Gasteiger partial charge in [0.05, 0.1) is 6.61 Å². The van der Waals surface area contributed by atoms with Crippen LogP contribution >= 0.6 is 11.6 Å². The van der Waals surface area contributed by atoms with Gasteiger partial charge in [-0.1, -0.05) is 29.8 Å². The van der Waals surface area contributed by atoms with E-state index in [1.54, 1.807) is 6.92 Å². The van der Waals surface area contributed by atoms with Crippen molar-refractivity contribution < 1.29 is 9.53 Å². The highest BCUT2D eigenvalue weighted by atomic mass is 35.5. The Morgan fingerprint density at radius 1 is 1.38 bits per heavy atom. The summed E-state index contributed by atoms with van der Waals surface area (Å²) in [6, 6.07) is 11.7. The van der Waals surface area contributed by atoms with Gasteiger partial charge in [-0.2, -0.15) is 5.26 Å². The number of halogens is 1. The Labute approximate surface area is 147 Å². The smallest absolute Gasteiger partial charge is 0.348 e. The number of rotatable bonds is 5. The normalized spacial score (nSPS) is 16.7. The fourth-order valence-electron chi connectivity index (χ4n) is 2.39. The largest absolute Gasteiger partial charge is 0.462 e. The van der Waals surface area contributed by atoms with Gasteiger partial charge >= 0.3 is 5.97 Å². The quantitative estimate of drug-likeness (QED) is 0.479. The molecule has 1 aliphatic carbocycles. The van der Waals surface area contributed by atoms with Gasteiger partial charge in [-0.25, -0.2) is 4.79 Å². The fraction of sp³-hybridized carbons (Fsp3) is 0.263. The molecule has 1 aromatic rings. The molecule has 1 aromatic carbocycles. The number of nitrogens with zero attached hydrogens (tertiary/aromatic N) is 1. The van der Waals surface area contributed by atoms with Crippen LogP contribution < -0.4 is 5.32 Å². The Morgan fingerprint density at radius 3 is 2.79 bits per heavy atom. The van der Waals surface area contributed by atoms with E-state index in [1.807, 2.05) is 42.6 Å². The molecule has 0 aliphatic heterocycles. The number of ether oxygens (including phenoxy) is 1. The van der Waals surface area contributed by atoms with Crippen molar-refractivity contribution in [2.75, 3.05) is 11.9 Å². The minimum Gasteiger partial charge on any atom is -0.462 e. The van der Waals surface area contributed by atoms with Crippen molar-refractivity contribution in [3.05, 3.63) is 64.4 Å². The van der Waals surface area contributed by atoms with Crippen molar-refractivity contribution in [1.29, 1.82) is 5.26 Å². The SMILES string of the molecule is CCOC(=O)/C(C#N)=C/C1=C(Cl)C(=CNc2ccccc2)CCC1. The van der Waals surface area contributed by atoms with Gasteiger partial charge in [0.1, 0.15) is 11.6 Å². The summed E-state index contributed by atoms with van der Waals surface area (Å²) < 4.78 is 4.88. The molecular formula is C19H19ClN2O2. The lowest BCUT2D eigenvalue weighted by molar-refractivity contribution is -0.138. The maximum Gasteiger partial charge on any atom is 0.348 e. The second kappa shape index (κ2) is 8.95. The molecule has 1 N–H and O–H groups in total. The van der Waals surface area contributed by atoms with Crippen molar-refractivity contribution in [3.63, 3.8) is 0 Å². The lowest BCUT2D eigenvalue weighted by Gasteiger charge is -2.17. The highest BCUT2D eigenvalue weighted by molar-refractivity contribution is 6.32. The first-order valence-corrected chi connectivity index (χ1v) is 8.22. The number of carbonyl (C=O) groups is 1. The van der Waals surface area contributed by atoms with Crippen LogP contribution in [0.5, 0.6) is 0 Å². The molecule has 0 spiro atoms. The van der Waals surface area contributed by atoms with E-state index in [2.05, 4.69) is 5.32 Å². The van der Waals surface area contributed by atoms with E-state index in [1.165, 1.54) is 6.08 Å². The zero-order valence-corrected chi connectivity index (χ0v) is 14.3. The lowest BCUT2D eigenvalue weighted by Crippen LogP contribution is -2.08. The van der Waals surface area contributed by atoms with Gasteiger partial charge in [0.15, 0.2) is 0 Å². The van der Waals surface area contributed by atoms with Gasteiger partial charge in [-0.15, -0.1) is 0 Å². The van der Waals surface area contributed by atoms with Crippen molar-refractivity contribution in [1.82, 2.24) is 0 Å². The van der Waals surface area contributed by atoms with Crippen LogP contribution in [0, 0.1) is 11.3 Å². The number of nitrogens with one attached hydrogen (secondary N) is 1. The van der Waals surface area contributed by atoms with E-state index in [9.17, 15) is 4.79 Å². The number of nitriles is 1. The van der Waals surface area contributed by atoms with E-state index in [-0.39, 0.29) is 12.2 Å². The average Bonchev–Trinajstić information content (AvgIpc) is 2.61. The maximum atomic E-state index is 11.7. The Hall–Kier alpha value is -2.51. The number of esters is 1. The van der Waals surface area contributed by atoms with Gasteiger partial charge in [-0.3, -0.25) is 0 Å². The van der Waals surface area contributed by atoms with Crippen LogP contribution in [-0.4, -0.2) is 12.6 Å². The first kappa shape index (κ1) is 17.8. The molecule has 124 valence electrons. The first-order chi connectivity index (χ1) is 11.7. The number of anilines is 1. The topological polar surface area (TPSA) is 62.1 Å². The van der Waals surface area contributed by atoms with Crippen LogP contribution in [0.25, 0.3) is 0 Å². The van der Waals surface area contributed by atoms with Crippen molar-refractivity contribution in [2.24, 2.45) is 0 Å². The molecule has 2 rings (SSSR count). The lowest BCUT2D eigenvalue weighted by atomic mass is 9.94. The molecule has 0 heterocycles. The number of para-hydroxylation sites is 1. The van der Waals surface area contributed by atoms with Gasteiger partial charge < -0.3 is 10.1 Å². The van der Waals surface area contributed by atoms with Crippen LogP contribution in [0.15, 0.2) is 64.4 Å². The van der Waals surface area contributed by atoms with Gasteiger partial charge in [-0.05, 0) is 55.5 Å². The van der Waals surface area contributed by atoms with E-state index in [0.717, 1.165) is 36.1 Å². The Morgan fingerprint density at radius 2 is 2.12 bits per heavy atom. The second-order valence-electron chi connectivity index (χ2n) is 5.26. The summed E-state index contributed by atoms with van der Waals surface area (Å²) in [4.78, 5) is 11.7. The maximum absolute atomic E-state index is 11.7. The Balaban J connectivity index is 2.23. The summed E-state index contributed by atoms with van der Waals surface area (Å²) in [5.41, 5.74) is 2.69. The van der Waals surface area contributed by atoms with Crippen LogP contribution in [0.2, 0.25) is 0 Å².